The molecule has 2 aromatic heterocycles. The predicted octanol–water partition coefficient (Wildman–Crippen LogP) is 2.10. The Bertz CT molecular complexity index is 1020. The van der Waals surface area contributed by atoms with E-state index in [-0.39, 0.29) is 24.2 Å². The number of aromatic nitrogens is 4. The number of nitrogens with zero attached hydrogens (tertiary/aromatic N) is 5. The minimum Gasteiger partial charge on any atom is -0.338 e. The lowest BCUT2D eigenvalue weighted by molar-refractivity contribution is -0.135. The summed E-state index contributed by atoms with van der Waals surface area (Å²) in [6, 6.07) is 5.45. The fraction of sp³-hybridized carbons (Fsp3) is 0.412. The molecule has 7 nitrogen and oxygen atoms in total. The van der Waals surface area contributed by atoms with Crippen LogP contribution in [0.1, 0.15) is 26.2 Å². The lowest BCUT2D eigenvalue weighted by Gasteiger charge is -2.33. The molecule has 1 aliphatic rings. The maximum atomic E-state index is 12.6. The van der Waals surface area contributed by atoms with Crippen molar-refractivity contribution in [1.29, 1.82) is 0 Å². The standard InChI is InChI=1S/C17H18ClN5O2/c1-11-4-2-3-7-21(11)15(24)9-23-17(25)22-10-19-14-8-12(18)5-6-13(14)16(22)20-23/h5-6,8,10-11H,2-4,7,9H2,1H3. The van der Waals surface area contributed by atoms with E-state index in [1.54, 1.807) is 18.2 Å². The molecule has 0 saturated carbocycles. The van der Waals surface area contributed by atoms with Gasteiger partial charge in [-0.1, -0.05) is 11.6 Å². The third-order valence-electron chi connectivity index (χ3n) is 4.79. The van der Waals surface area contributed by atoms with Crippen molar-refractivity contribution in [3.63, 3.8) is 0 Å². The predicted molar refractivity (Wildman–Crippen MR) is 94.8 cm³/mol. The van der Waals surface area contributed by atoms with Gasteiger partial charge >= 0.3 is 5.69 Å². The monoisotopic (exact) mass is 359 g/mol. The van der Waals surface area contributed by atoms with Crippen molar-refractivity contribution in [3.8, 4) is 0 Å². The van der Waals surface area contributed by atoms with Gasteiger partial charge in [0.05, 0.1) is 5.52 Å². The summed E-state index contributed by atoms with van der Waals surface area (Å²) in [4.78, 5) is 31.3. The van der Waals surface area contributed by atoms with Crippen LogP contribution >= 0.6 is 11.6 Å². The van der Waals surface area contributed by atoms with Crippen molar-refractivity contribution in [2.24, 2.45) is 0 Å². The van der Waals surface area contributed by atoms with Crippen LogP contribution in [0, 0.1) is 0 Å². The summed E-state index contributed by atoms with van der Waals surface area (Å²) in [5.74, 6) is -0.0713. The van der Waals surface area contributed by atoms with E-state index in [1.165, 1.54) is 15.4 Å². The van der Waals surface area contributed by atoms with E-state index in [1.807, 2.05) is 11.8 Å². The van der Waals surface area contributed by atoms with E-state index in [9.17, 15) is 9.59 Å². The molecule has 1 unspecified atom stereocenters. The molecule has 3 aromatic rings. The molecule has 25 heavy (non-hydrogen) atoms. The van der Waals surface area contributed by atoms with Crippen LogP contribution in [0.15, 0.2) is 29.3 Å². The number of hydrogen-bond acceptors (Lipinski definition) is 4. The average molecular weight is 360 g/mol. The van der Waals surface area contributed by atoms with Crippen molar-refractivity contribution in [1.82, 2.24) is 24.1 Å². The minimum atomic E-state index is -0.364. The molecule has 1 amide bonds. The Morgan fingerprint density at radius 2 is 2.20 bits per heavy atom. The number of hydrogen-bond donors (Lipinski definition) is 0. The highest BCUT2D eigenvalue weighted by molar-refractivity contribution is 6.31. The third kappa shape index (κ3) is 2.78. The van der Waals surface area contributed by atoms with Gasteiger partial charge in [0, 0.05) is 23.0 Å². The number of carbonyl (C=O) groups excluding carboxylic acids is 1. The smallest absolute Gasteiger partial charge is 0.338 e. The van der Waals surface area contributed by atoms with E-state index >= 15 is 0 Å². The molecule has 0 N–H and O–H groups in total. The molecule has 0 bridgehead atoms. The summed E-state index contributed by atoms with van der Waals surface area (Å²) in [7, 11) is 0. The molecule has 1 aliphatic heterocycles. The molecule has 3 heterocycles. The Morgan fingerprint density at radius 3 is 3.00 bits per heavy atom. The van der Waals surface area contributed by atoms with Crippen LogP contribution in [-0.2, 0) is 11.3 Å². The maximum Gasteiger partial charge on any atom is 0.352 e. The Kier molecular flexibility index (Phi) is 3.95. The Hall–Kier alpha value is -2.41. The summed E-state index contributed by atoms with van der Waals surface area (Å²) in [6.45, 7) is 2.73. The van der Waals surface area contributed by atoms with Gasteiger partial charge in [-0.25, -0.2) is 18.9 Å². The number of rotatable bonds is 2. The second kappa shape index (κ2) is 6.15. The molecule has 8 heteroatoms. The number of likely N-dealkylation sites (tertiary alicyclic amines) is 1. The molecule has 0 spiro atoms. The first-order valence-electron chi connectivity index (χ1n) is 8.37. The molecular formula is C17H18ClN5O2. The highest BCUT2D eigenvalue weighted by Gasteiger charge is 2.24. The van der Waals surface area contributed by atoms with Crippen LogP contribution in [-0.4, -0.2) is 42.6 Å². The number of benzene rings is 1. The number of carbonyl (C=O) groups is 1. The van der Waals surface area contributed by atoms with E-state index in [4.69, 9.17) is 11.6 Å². The zero-order valence-electron chi connectivity index (χ0n) is 13.9. The van der Waals surface area contributed by atoms with E-state index in [0.29, 0.717) is 16.2 Å². The molecule has 0 aliphatic carbocycles. The lowest BCUT2D eigenvalue weighted by Crippen LogP contribution is -2.44. The topological polar surface area (TPSA) is 72.5 Å². The molecule has 1 fully saturated rings. The van der Waals surface area contributed by atoms with Crippen LogP contribution in [0.3, 0.4) is 0 Å². The van der Waals surface area contributed by atoms with Gasteiger partial charge in [0.25, 0.3) is 0 Å². The summed E-state index contributed by atoms with van der Waals surface area (Å²) in [5, 5.41) is 5.66. The minimum absolute atomic E-state index is 0.0556. The largest absolute Gasteiger partial charge is 0.352 e. The van der Waals surface area contributed by atoms with Gasteiger partial charge in [0.2, 0.25) is 5.91 Å². The summed E-state index contributed by atoms with van der Waals surface area (Å²) in [5.41, 5.74) is 0.775. The Balaban J connectivity index is 1.73. The van der Waals surface area contributed by atoms with Gasteiger partial charge in [-0.3, -0.25) is 4.79 Å². The van der Waals surface area contributed by atoms with Crippen LogP contribution in [0.25, 0.3) is 16.6 Å². The zero-order chi connectivity index (χ0) is 17.6. The lowest BCUT2D eigenvalue weighted by atomic mass is 10.0. The molecule has 1 atom stereocenters. The van der Waals surface area contributed by atoms with Gasteiger partial charge in [0.15, 0.2) is 5.65 Å². The fourth-order valence-electron chi connectivity index (χ4n) is 3.42. The third-order valence-corrected chi connectivity index (χ3v) is 5.03. The molecule has 1 aromatic carbocycles. The van der Waals surface area contributed by atoms with E-state index in [0.717, 1.165) is 31.2 Å². The summed E-state index contributed by atoms with van der Waals surface area (Å²) >= 11 is 5.99. The quantitative estimate of drug-likeness (QED) is 0.702. The van der Waals surface area contributed by atoms with E-state index in [2.05, 4.69) is 10.1 Å². The van der Waals surface area contributed by atoms with Crippen LogP contribution < -0.4 is 5.69 Å². The van der Waals surface area contributed by atoms with Crippen molar-refractivity contribution < 1.29 is 4.79 Å². The van der Waals surface area contributed by atoms with Crippen LogP contribution in [0.5, 0.6) is 0 Å². The van der Waals surface area contributed by atoms with Crippen molar-refractivity contribution in [3.05, 3.63) is 40.0 Å². The van der Waals surface area contributed by atoms with Crippen molar-refractivity contribution in [2.45, 2.75) is 38.8 Å². The molecule has 4 rings (SSSR count). The number of fused-ring (bicyclic) bond motifs is 3. The first-order valence-corrected chi connectivity index (χ1v) is 8.75. The van der Waals surface area contributed by atoms with E-state index < -0.39 is 0 Å². The maximum absolute atomic E-state index is 12.6. The zero-order valence-corrected chi connectivity index (χ0v) is 14.6. The molecular weight excluding hydrogens is 342 g/mol. The number of piperidine rings is 1. The highest BCUT2D eigenvalue weighted by Crippen LogP contribution is 2.20. The average Bonchev–Trinajstić information content (AvgIpc) is 2.91. The molecule has 1 saturated heterocycles. The van der Waals surface area contributed by atoms with Gasteiger partial charge < -0.3 is 4.90 Å². The molecule has 130 valence electrons. The number of halogens is 1. The van der Waals surface area contributed by atoms with Crippen molar-refractivity contribution >= 4 is 34.1 Å². The normalized spacial score (nSPS) is 18.2. The van der Waals surface area contributed by atoms with Gasteiger partial charge in [0.1, 0.15) is 12.9 Å². The molecule has 0 radical (unpaired) electrons. The van der Waals surface area contributed by atoms with Gasteiger partial charge in [-0.2, -0.15) is 0 Å². The highest BCUT2D eigenvalue weighted by atomic mass is 35.5. The van der Waals surface area contributed by atoms with Gasteiger partial charge in [-0.15, -0.1) is 5.10 Å². The first-order chi connectivity index (χ1) is 12.0. The first kappa shape index (κ1) is 16.1. The number of amides is 1. The van der Waals surface area contributed by atoms with Crippen LogP contribution in [0.2, 0.25) is 5.02 Å². The van der Waals surface area contributed by atoms with Crippen LogP contribution in [0.4, 0.5) is 0 Å². The van der Waals surface area contributed by atoms with Gasteiger partial charge in [-0.05, 0) is 44.4 Å². The Morgan fingerprint density at radius 1 is 1.36 bits per heavy atom. The summed E-state index contributed by atoms with van der Waals surface area (Å²) in [6.07, 6.45) is 4.57. The SMILES string of the molecule is CC1CCCCN1C(=O)Cn1nc2c3ccc(Cl)cc3ncn2c1=O. The summed E-state index contributed by atoms with van der Waals surface area (Å²) < 4.78 is 2.58. The van der Waals surface area contributed by atoms with Crippen molar-refractivity contribution in [2.75, 3.05) is 6.54 Å². The second-order valence-corrected chi connectivity index (χ2v) is 6.91. The Labute approximate surface area is 148 Å². The fourth-order valence-corrected chi connectivity index (χ4v) is 3.59. The second-order valence-electron chi connectivity index (χ2n) is 6.47.